The Hall–Kier alpha value is -0.900. The predicted molar refractivity (Wildman–Crippen MR) is 53.3 cm³/mol. The molecule has 2 saturated heterocycles. The summed E-state index contributed by atoms with van der Waals surface area (Å²) >= 11 is 0. The Morgan fingerprint density at radius 3 is 3.20 bits per heavy atom. The summed E-state index contributed by atoms with van der Waals surface area (Å²) in [5.74, 6) is 1.13. The topological polar surface area (TPSA) is 29.3 Å². The monoisotopic (exact) mass is 210 g/mol. The maximum atomic E-state index is 12.4. The van der Waals surface area contributed by atoms with Gasteiger partial charge in [-0.1, -0.05) is 0 Å². The van der Waals surface area contributed by atoms with Crippen LogP contribution >= 0.6 is 0 Å². The Morgan fingerprint density at radius 2 is 2.40 bits per heavy atom. The molecule has 0 radical (unpaired) electrons. The lowest BCUT2D eigenvalue weighted by Gasteiger charge is -2.31. The van der Waals surface area contributed by atoms with Crippen LogP contribution in [0.2, 0.25) is 0 Å². The van der Waals surface area contributed by atoms with E-state index in [1.165, 1.54) is 13.0 Å². The molecule has 2 atom stereocenters. The van der Waals surface area contributed by atoms with Gasteiger partial charge in [0.15, 0.2) is 6.67 Å². The Labute approximate surface area is 88.3 Å². The van der Waals surface area contributed by atoms with Crippen molar-refractivity contribution in [2.24, 2.45) is 0 Å². The molecule has 0 spiro atoms. The lowest BCUT2D eigenvalue weighted by atomic mass is 9.79. The number of piperidine rings is 1. The van der Waals surface area contributed by atoms with Crippen molar-refractivity contribution in [3.05, 3.63) is 17.8 Å². The third-order valence-corrected chi connectivity index (χ3v) is 3.75. The van der Waals surface area contributed by atoms with Crippen LogP contribution in [0.1, 0.15) is 30.9 Å². The van der Waals surface area contributed by atoms with E-state index in [4.69, 9.17) is 4.42 Å². The molecule has 2 fully saturated rings. The highest BCUT2D eigenvalue weighted by atomic mass is 19.1. The fraction of sp³-hybridized carbons (Fsp3) is 0.727. The molecule has 3 rings (SSSR count). The van der Waals surface area contributed by atoms with Crippen molar-refractivity contribution in [2.75, 3.05) is 19.6 Å². The van der Waals surface area contributed by atoms with Crippen molar-refractivity contribution in [2.45, 2.75) is 31.4 Å². The van der Waals surface area contributed by atoms with Crippen molar-refractivity contribution in [3.8, 4) is 0 Å². The second-order valence-corrected chi connectivity index (χ2v) is 4.66. The summed E-state index contributed by atoms with van der Waals surface area (Å²) in [4.78, 5) is 6.42. The van der Waals surface area contributed by atoms with Crippen LogP contribution in [0.5, 0.6) is 0 Å². The fourth-order valence-electron chi connectivity index (χ4n) is 2.94. The summed E-state index contributed by atoms with van der Waals surface area (Å²) in [6.07, 6.45) is 5.23. The molecule has 15 heavy (non-hydrogen) atoms. The molecule has 4 heteroatoms. The second kappa shape index (κ2) is 3.30. The minimum absolute atomic E-state index is 0.138. The highest BCUT2D eigenvalue weighted by Crippen LogP contribution is 2.42. The van der Waals surface area contributed by atoms with Crippen LogP contribution in [0.15, 0.2) is 10.6 Å². The molecular formula is C11H15FN2O. The maximum Gasteiger partial charge on any atom is 0.225 e. The van der Waals surface area contributed by atoms with E-state index in [9.17, 15) is 4.39 Å². The third-order valence-electron chi connectivity index (χ3n) is 3.75. The molecule has 0 aliphatic carbocycles. The van der Waals surface area contributed by atoms with Crippen LogP contribution in [-0.2, 0) is 12.1 Å². The summed E-state index contributed by atoms with van der Waals surface area (Å²) in [5.41, 5.74) is 0.138. The van der Waals surface area contributed by atoms with Crippen molar-refractivity contribution in [3.63, 3.8) is 0 Å². The summed E-state index contributed by atoms with van der Waals surface area (Å²) in [6, 6.07) is 0. The molecular weight excluding hydrogens is 195 g/mol. The summed E-state index contributed by atoms with van der Waals surface area (Å²) < 4.78 is 17.9. The number of halogens is 1. The van der Waals surface area contributed by atoms with Crippen LogP contribution in [0.3, 0.4) is 0 Å². The molecule has 3 heterocycles. The molecule has 82 valence electrons. The zero-order chi connectivity index (χ0) is 10.3. The van der Waals surface area contributed by atoms with E-state index in [1.54, 1.807) is 6.20 Å². The molecule has 0 N–H and O–H groups in total. The van der Waals surface area contributed by atoms with Crippen LogP contribution in [0, 0.1) is 0 Å². The zero-order valence-corrected chi connectivity index (χ0v) is 8.71. The molecule has 2 bridgehead atoms. The summed E-state index contributed by atoms with van der Waals surface area (Å²) in [5, 5.41) is 0. The number of rotatable bonds is 2. The SMILES string of the molecule is FCc1ncc(C23CCCN(CC2)C3)o1. The average molecular weight is 210 g/mol. The normalized spacial score (nSPS) is 34.6. The van der Waals surface area contributed by atoms with Gasteiger partial charge in [-0.2, -0.15) is 0 Å². The average Bonchev–Trinajstić information content (AvgIpc) is 2.85. The first kappa shape index (κ1) is 9.33. The van der Waals surface area contributed by atoms with Gasteiger partial charge in [0, 0.05) is 12.0 Å². The van der Waals surface area contributed by atoms with Crippen molar-refractivity contribution < 1.29 is 8.81 Å². The molecule has 0 saturated carbocycles. The largest absolute Gasteiger partial charge is 0.442 e. The number of oxazole rings is 1. The second-order valence-electron chi connectivity index (χ2n) is 4.66. The molecule has 1 aromatic rings. The van der Waals surface area contributed by atoms with E-state index in [1.807, 2.05) is 0 Å². The lowest BCUT2D eigenvalue weighted by Crippen LogP contribution is -2.36. The van der Waals surface area contributed by atoms with Gasteiger partial charge in [-0.25, -0.2) is 9.37 Å². The minimum Gasteiger partial charge on any atom is -0.442 e. The van der Waals surface area contributed by atoms with Crippen LogP contribution in [-0.4, -0.2) is 29.5 Å². The number of aromatic nitrogens is 1. The van der Waals surface area contributed by atoms with Crippen LogP contribution in [0.4, 0.5) is 4.39 Å². The van der Waals surface area contributed by atoms with Gasteiger partial charge in [0.25, 0.3) is 0 Å². The summed E-state index contributed by atoms with van der Waals surface area (Å²) in [7, 11) is 0. The number of fused-ring (bicyclic) bond motifs is 2. The van der Waals surface area contributed by atoms with E-state index in [-0.39, 0.29) is 11.3 Å². The number of hydrogen-bond donors (Lipinski definition) is 0. The number of hydrogen-bond acceptors (Lipinski definition) is 3. The van der Waals surface area contributed by atoms with E-state index in [0.717, 1.165) is 31.7 Å². The molecule has 2 aliphatic heterocycles. The van der Waals surface area contributed by atoms with E-state index in [0.29, 0.717) is 0 Å². The Bertz CT molecular complexity index is 361. The molecule has 0 amide bonds. The molecule has 1 aromatic heterocycles. The molecule has 2 aliphatic rings. The van der Waals surface area contributed by atoms with E-state index in [2.05, 4.69) is 9.88 Å². The van der Waals surface area contributed by atoms with Crippen LogP contribution < -0.4 is 0 Å². The van der Waals surface area contributed by atoms with Gasteiger partial charge < -0.3 is 9.32 Å². The lowest BCUT2D eigenvalue weighted by molar-refractivity contribution is 0.214. The van der Waals surface area contributed by atoms with Gasteiger partial charge >= 0.3 is 0 Å². The highest BCUT2D eigenvalue weighted by molar-refractivity contribution is 5.17. The smallest absolute Gasteiger partial charge is 0.225 e. The Balaban J connectivity index is 1.91. The minimum atomic E-state index is -0.597. The molecule has 3 nitrogen and oxygen atoms in total. The fourth-order valence-corrected chi connectivity index (χ4v) is 2.94. The van der Waals surface area contributed by atoms with Gasteiger partial charge in [-0.15, -0.1) is 0 Å². The van der Waals surface area contributed by atoms with E-state index >= 15 is 0 Å². The standard InChI is InChI=1S/C11H15FN2O/c12-6-10-13-7-9(15-10)11-2-1-4-14(8-11)5-3-11/h7H,1-6,8H2. The number of alkyl halides is 1. The zero-order valence-electron chi connectivity index (χ0n) is 8.71. The Kier molecular flexibility index (Phi) is 2.06. The first-order chi connectivity index (χ1) is 7.32. The summed E-state index contributed by atoms with van der Waals surface area (Å²) in [6.45, 7) is 2.81. The van der Waals surface area contributed by atoms with Crippen molar-refractivity contribution >= 4 is 0 Å². The predicted octanol–water partition coefficient (Wildman–Crippen LogP) is 1.88. The number of nitrogens with zero attached hydrogens (tertiary/aromatic N) is 2. The first-order valence-corrected chi connectivity index (χ1v) is 5.56. The molecule has 2 unspecified atom stereocenters. The van der Waals surface area contributed by atoms with Gasteiger partial charge in [-0.3, -0.25) is 0 Å². The van der Waals surface area contributed by atoms with Gasteiger partial charge in [0.1, 0.15) is 5.76 Å². The van der Waals surface area contributed by atoms with Gasteiger partial charge in [0.05, 0.1) is 6.20 Å². The van der Waals surface area contributed by atoms with E-state index < -0.39 is 6.67 Å². The maximum absolute atomic E-state index is 12.4. The first-order valence-electron chi connectivity index (χ1n) is 5.56. The van der Waals surface area contributed by atoms with Crippen molar-refractivity contribution in [1.82, 2.24) is 9.88 Å². The van der Waals surface area contributed by atoms with Crippen LogP contribution in [0.25, 0.3) is 0 Å². The highest BCUT2D eigenvalue weighted by Gasteiger charge is 2.44. The van der Waals surface area contributed by atoms with Crippen molar-refractivity contribution in [1.29, 1.82) is 0 Å². The van der Waals surface area contributed by atoms with Gasteiger partial charge in [0.2, 0.25) is 5.89 Å². The Morgan fingerprint density at radius 1 is 1.47 bits per heavy atom. The quantitative estimate of drug-likeness (QED) is 0.746. The van der Waals surface area contributed by atoms with Gasteiger partial charge in [-0.05, 0) is 32.4 Å². The third kappa shape index (κ3) is 1.39. The molecule has 0 aromatic carbocycles.